The molecule has 0 amide bonds. The molecule has 2 fully saturated rings. The molecule has 0 aromatic heterocycles. The number of rotatable bonds is 10. The summed E-state index contributed by atoms with van der Waals surface area (Å²) in [6.07, 6.45) is 1.43. The van der Waals surface area contributed by atoms with Crippen LogP contribution in [0.2, 0.25) is 0 Å². The van der Waals surface area contributed by atoms with Crippen molar-refractivity contribution in [2.45, 2.75) is 65.7 Å². The minimum atomic E-state index is -3.83. The van der Waals surface area contributed by atoms with Crippen molar-refractivity contribution in [1.29, 1.82) is 0 Å². The Morgan fingerprint density at radius 3 is 1.32 bits per heavy atom. The SMILES string of the molecule is CC(C)CC1CN(CN2CC(CC(C)C)N(Cc3ccccc3)S2(=O)=O)S(=O)(=O)N1Cc1ccccc1. The molecule has 0 saturated carbocycles. The van der Waals surface area contributed by atoms with Crippen LogP contribution in [0.1, 0.15) is 51.7 Å². The van der Waals surface area contributed by atoms with Crippen molar-refractivity contribution >= 4 is 20.4 Å². The first-order valence-corrected chi connectivity index (χ1v) is 15.9. The van der Waals surface area contributed by atoms with E-state index in [4.69, 9.17) is 0 Å². The maximum atomic E-state index is 13.7. The predicted octanol–water partition coefficient (Wildman–Crippen LogP) is 3.90. The molecule has 8 nitrogen and oxygen atoms in total. The van der Waals surface area contributed by atoms with Crippen LogP contribution in [-0.2, 0) is 33.5 Å². The van der Waals surface area contributed by atoms with Gasteiger partial charge in [0.1, 0.15) is 0 Å². The summed E-state index contributed by atoms with van der Waals surface area (Å²) in [6, 6.07) is 18.7. The minimum Gasteiger partial charge on any atom is -0.195 e. The Kier molecular flexibility index (Phi) is 8.77. The van der Waals surface area contributed by atoms with E-state index in [-0.39, 0.29) is 44.9 Å². The lowest BCUT2D eigenvalue weighted by molar-refractivity contribution is 0.260. The van der Waals surface area contributed by atoms with Crippen LogP contribution in [0, 0.1) is 11.8 Å². The van der Waals surface area contributed by atoms with E-state index in [0.717, 1.165) is 11.1 Å². The van der Waals surface area contributed by atoms with Crippen LogP contribution in [0.3, 0.4) is 0 Å². The van der Waals surface area contributed by atoms with Crippen LogP contribution in [0.25, 0.3) is 0 Å². The van der Waals surface area contributed by atoms with Gasteiger partial charge < -0.3 is 0 Å². The zero-order chi connectivity index (χ0) is 26.8. The Labute approximate surface area is 223 Å². The highest BCUT2D eigenvalue weighted by Crippen LogP contribution is 2.33. The molecule has 10 heteroatoms. The monoisotopic (exact) mass is 548 g/mol. The maximum absolute atomic E-state index is 13.7. The van der Waals surface area contributed by atoms with Crippen molar-refractivity contribution in [3.63, 3.8) is 0 Å². The van der Waals surface area contributed by atoms with Gasteiger partial charge in [-0.1, -0.05) is 88.4 Å². The van der Waals surface area contributed by atoms with Crippen LogP contribution < -0.4 is 0 Å². The zero-order valence-corrected chi connectivity index (χ0v) is 23.9. The lowest BCUT2D eigenvalue weighted by Gasteiger charge is -2.25. The van der Waals surface area contributed by atoms with E-state index in [9.17, 15) is 16.8 Å². The smallest absolute Gasteiger partial charge is 0.195 e. The van der Waals surface area contributed by atoms with E-state index in [1.807, 2.05) is 60.7 Å². The molecule has 2 unspecified atom stereocenters. The molecule has 2 aromatic rings. The summed E-state index contributed by atoms with van der Waals surface area (Å²) < 4.78 is 60.8. The maximum Gasteiger partial charge on any atom is 0.283 e. The highest BCUT2D eigenvalue weighted by Gasteiger charge is 2.49. The molecule has 2 saturated heterocycles. The van der Waals surface area contributed by atoms with Gasteiger partial charge in [-0.25, -0.2) is 0 Å². The molecule has 4 rings (SSSR count). The molecule has 2 aliphatic heterocycles. The molecular formula is C27H40N4O4S2. The Balaban J connectivity index is 1.58. The van der Waals surface area contributed by atoms with Gasteiger partial charge in [0.2, 0.25) is 0 Å². The van der Waals surface area contributed by atoms with Gasteiger partial charge in [-0.15, -0.1) is 0 Å². The third-order valence-corrected chi connectivity index (χ3v) is 10.9. The fourth-order valence-corrected chi connectivity index (χ4v) is 9.01. The van der Waals surface area contributed by atoms with E-state index in [1.54, 1.807) is 8.61 Å². The van der Waals surface area contributed by atoms with E-state index >= 15 is 0 Å². The number of hydrogen-bond acceptors (Lipinski definition) is 4. The van der Waals surface area contributed by atoms with Crippen LogP contribution in [0.15, 0.2) is 60.7 Å². The fraction of sp³-hybridized carbons (Fsp3) is 0.556. The van der Waals surface area contributed by atoms with E-state index in [2.05, 4.69) is 27.7 Å². The summed E-state index contributed by atoms with van der Waals surface area (Å²) in [5.41, 5.74) is 1.84. The predicted molar refractivity (Wildman–Crippen MR) is 147 cm³/mol. The van der Waals surface area contributed by atoms with Crippen molar-refractivity contribution in [3.8, 4) is 0 Å². The molecule has 0 spiro atoms. The summed E-state index contributed by atoms with van der Waals surface area (Å²) >= 11 is 0. The first-order chi connectivity index (χ1) is 17.5. The van der Waals surface area contributed by atoms with Gasteiger partial charge in [0.05, 0.1) is 6.67 Å². The van der Waals surface area contributed by atoms with Gasteiger partial charge >= 0.3 is 0 Å². The molecule has 0 radical (unpaired) electrons. The average Bonchev–Trinajstić information content (AvgIpc) is 3.19. The first kappa shape index (κ1) is 28.2. The van der Waals surface area contributed by atoms with Crippen LogP contribution in [0.5, 0.6) is 0 Å². The zero-order valence-electron chi connectivity index (χ0n) is 22.3. The topological polar surface area (TPSA) is 81.2 Å². The van der Waals surface area contributed by atoms with Crippen molar-refractivity contribution in [2.24, 2.45) is 11.8 Å². The molecule has 2 heterocycles. The highest BCUT2D eigenvalue weighted by atomic mass is 32.2. The molecular weight excluding hydrogens is 508 g/mol. The summed E-state index contributed by atoms with van der Waals surface area (Å²) in [5.74, 6) is 0.622. The van der Waals surface area contributed by atoms with Gasteiger partial charge in [-0.3, -0.25) is 0 Å². The normalized spacial score (nSPS) is 24.9. The summed E-state index contributed by atoms with van der Waals surface area (Å²) in [5, 5.41) is 0. The molecule has 0 N–H and O–H groups in total. The van der Waals surface area contributed by atoms with Crippen LogP contribution in [-0.4, -0.2) is 65.9 Å². The average molecular weight is 549 g/mol. The fourth-order valence-electron chi connectivity index (χ4n) is 5.37. The number of hydrogen-bond donors (Lipinski definition) is 0. The third kappa shape index (κ3) is 6.43. The first-order valence-electron chi connectivity index (χ1n) is 13.1. The Morgan fingerprint density at radius 2 is 1.00 bits per heavy atom. The molecule has 0 bridgehead atoms. The van der Waals surface area contributed by atoms with E-state index < -0.39 is 20.4 Å². The molecule has 2 aromatic carbocycles. The van der Waals surface area contributed by atoms with Gasteiger partial charge in [-0.2, -0.15) is 34.1 Å². The third-order valence-electron chi connectivity index (χ3n) is 7.05. The molecule has 37 heavy (non-hydrogen) atoms. The largest absolute Gasteiger partial charge is 0.283 e. The van der Waals surface area contributed by atoms with Gasteiger partial charge in [-0.05, 0) is 35.8 Å². The molecule has 204 valence electrons. The van der Waals surface area contributed by atoms with E-state index in [1.165, 1.54) is 8.61 Å². The number of nitrogens with zero attached hydrogens (tertiary/aromatic N) is 4. The van der Waals surface area contributed by atoms with Gasteiger partial charge in [0.15, 0.2) is 0 Å². The number of benzene rings is 2. The second kappa shape index (κ2) is 11.5. The van der Waals surface area contributed by atoms with Gasteiger partial charge in [0.25, 0.3) is 20.4 Å². The quantitative estimate of drug-likeness (QED) is 0.451. The lowest BCUT2D eigenvalue weighted by Crippen LogP contribution is -2.43. The summed E-state index contributed by atoms with van der Waals surface area (Å²) in [7, 11) is -7.67. The molecule has 0 aliphatic carbocycles. The second-order valence-corrected chi connectivity index (χ2v) is 14.8. The Morgan fingerprint density at radius 1 is 0.649 bits per heavy atom. The molecule has 2 aliphatic rings. The lowest BCUT2D eigenvalue weighted by atomic mass is 10.0. The van der Waals surface area contributed by atoms with Crippen LogP contribution in [0.4, 0.5) is 0 Å². The second-order valence-electron chi connectivity index (χ2n) is 11.1. The van der Waals surface area contributed by atoms with Gasteiger partial charge in [0, 0.05) is 38.3 Å². The van der Waals surface area contributed by atoms with Crippen LogP contribution >= 0.6 is 0 Å². The van der Waals surface area contributed by atoms with Crippen molar-refractivity contribution in [1.82, 2.24) is 17.2 Å². The Hall–Kier alpha value is -1.82. The Bertz CT molecular complexity index is 1140. The van der Waals surface area contributed by atoms with E-state index in [0.29, 0.717) is 24.7 Å². The highest BCUT2D eigenvalue weighted by molar-refractivity contribution is 7.87. The van der Waals surface area contributed by atoms with Crippen molar-refractivity contribution in [2.75, 3.05) is 19.8 Å². The standard InChI is InChI=1S/C27H40N4O4S2/c1-22(2)15-26-19-28(36(32,33)30(26)17-24-11-7-5-8-12-24)21-29-20-27(16-23(3)4)31(37(29,34)35)18-25-13-9-6-10-14-25/h5-14,22-23,26-27H,15-21H2,1-4H3. The summed E-state index contributed by atoms with van der Waals surface area (Å²) in [6.45, 7) is 9.29. The summed E-state index contributed by atoms with van der Waals surface area (Å²) in [4.78, 5) is 0. The van der Waals surface area contributed by atoms with Crippen molar-refractivity contribution < 1.29 is 16.8 Å². The minimum absolute atomic E-state index is 0.162. The van der Waals surface area contributed by atoms with Crippen molar-refractivity contribution in [3.05, 3.63) is 71.8 Å². The molecule has 2 atom stereocenters.